The molecule has 0 heterocycles. The minimum Gasteiger partial charge on any atom is -0.543 e. The Hall–Kier alpha value is -1.59. The predicted molar refractivity (Wildman–Crippen MR) is 95.2 cm³/mol. The van der Waals surface area contributed by atoms with E-state index in [1.165, 1.54) is 6.08 Å². The van der Waals surface area contributed by atoms with E-state index in [0.717, 1.165) is 0 Å². The fourth-order valence-electron chi connectivity index (χ4n) is 1.91. The lowest BCUT2D eigenvalue weighted by Gasteiger charge is -2.36. The van der Waals surface area contributed by atoms with Crippen molar-refractivity contribution in [1.29, 1.82) is 0 Å². The summed E-state index contributed by atoms with van der Waals surface area (Å²) in [5, 5.41) is 19.7. The molecular formula is C18H28O4Si. The number of carboxylic acid groups (broad SMARTS) is 1. The van der Waals surface area contributed by atoms with Crippen LogP contribution in [0.25, 0.3) is 0 Å². The minimum absolute atomic E-state index is 0.00280. The number of carbonyl (C=O) groups is 1. The molecule has 0 aromatic heterocycles. The van der Waals surface area contributed by atoms with Crippen LogP contribution in [0, 0.1) is 0 Å². The molecule has 0 aliphatic rings. The van der Waals surface area contributed by atoms with E-state index in [9.17, 15) is 15.0 Å². The van der Waals surface area contributed by atoms with Crippen molar-refractivity contribution >= 4 is 14.3 Å². The Morgan fingerprint density at radius 3 is 2.43 bits per heavy atom. The molecule has 0 bridgehead atoms. The molecule has 4 nitrogen and oxygen atoms in total. The van der Waals surface area contributed by atoms with Gasteiger partial charge < -0.3 is 14.6 Å². The van der Waals surface area contributed by atoms with Crippen molar-refractivity contribution in [3.05, 3.63) is 41.5 Å². The van der Waals surface area contributed by atoms with E-state index in [1.54, 1.807) is 18.2 Å². The maximum atomic E-state index is 11.3. The summed E-state index contributed by atoms with van der Waals surface area (Å²) in [5.74, 6) is -0.426. The Morgan fingerprint density at radius 2 is 1.96 bits per heavy atom. The fourth-order valence-corrected chi connectivity index (χ4v) is 2.93. The van der Waals surface area contributed by atoms with Crippen molar-refractivity contribution < 1.29 is 19.4 Å². The summed E-state index contributed by atoms with van der Waals surface area (Å²) in [7, 11) is -1.98. The highest BCUT2D eigenvalue weighted by atomic mass is 28.4. The topological polar surface area (TPSA) is 66.8 Å². The predicted octanol–water partition coefficient (Wildman–Crippen LogP) is 4.53. The van der Waals surface area contributed by atoms with Crippen LogP contribution in [-0.4, -0.2) is 24.5 Å². The van der Waals surface area contributed by atoms with Gasteiger partial charge in [0.25, 0.3) is 0 Å². The minimum atomic E-state index is -1.98. The smallest absolute Gasteiger partial charge is 0.334 e. The number of benzene rings is 1. The number of rotatable bonds is 6. The zero-order valence-corrected chi connectivity index (χ0v) is 15.9. The summed E-state index contributed by atoms with van der Waals surface area (Å²) in [6, 6.07) is 7.08. The molecule has 0 aliphatic carbocycles. The normalized spacial score (nSPS) is 14.5. The average Bonchev–Trinajstić information content (AvgIpc) is 2.42. The van der Waals surface area contributed by atoms with E-state index < -0.39 is 20.4 Å². The molecule has 1 aromatic carbocycles. The molecule has 1 aromatic rings. The molecule has 5 heteroatoms. The van der Waals surface area contributed by atoms with Crippen molar-refractivity contribution in [2.75, 3.05) is 0 Å². The Morgan fingerprint density at radius 1 is 1.35 bits per heavy atom. The third kappa shape index (κ3) is 4.94. The highest BCUT2D eigenvalue weighted by molar-refractivity contribution is 6.74. The lowest BCUT2D eigenvalue weighted by Crippen LogP contribution is -2.43. The van der Waals surface area contributed by atoms with Gasteiger partial charge in [-0.05, 0) is 42.2 Å². The average molecular weight is 337 g/mol. The van der Waals surface area contributed by atoms with Crippen LogP contribution in [0.2, 0.25) is 18.1 Å². The first-order chi connectivity index (χ1) is 10.5. The van der Waals surface area contributed by atoms with Gasteiger partial charge in [0.15, 0.2) is 0 Å². The van der Waals surface area contributed by atoms with Gasteiger partial charge in [0.1, 0.15) is 11.9 Å². The van der Waals surface area contributed by atoms with Crippen LogP contribution in [0.1, 0.15) is 45.8 Å². The number of carboxylic acids is 1. The van der Waals surface area contributed by atoms with Crippen LogP contribution >= 0.6 is 0 Å². The number of aliphatic carboxylic acids is 1. The molecule has 1 rings (SSSR count). The number of allylic oxidation sites excluding steroid dienone is 1. The molecular weight excluding hydrogens is 308 g/mol. The van der Waals surface area contributed by atoms with E-state index >= 15 is 0 Å². The molecule has 0 amide bonds. The van der Waals surface area contributed by atoms with E-state index in [4.69, 9.17) is 4.43 Å². The lowest BCUT2D eigenvalue weighted by molar-refractivity contribution is -0.133. The molecule has 0 radical (unpaired) electrons. The Labute approximate surface area is 139 Å². The molecule has 0 saturated carbocycles. The maximum Gasteiger partial charge on any atom is 0.334 e. The molecule has 1 atom stereocenters. The van der Waals surface area contributed by atoms with Gasteiger partial charge in [-0.1, -0.05) is 45.9 Å². The summed E-state index contributed by atoms with van der Waals surface area (Å²) in [6.45, 7) is 12.6. The van der Waals surface area contributed by atoms with Gasteiger partial charge in [-0.15, -0.1) is 0 Å². The van der Waals surface area contributed by atoms with E-state index in [2.05, 4.69) is 33.9 Å². The van der Waals surface area contributed by atoms with Gasteiger partial charge in [-0.25, -0.2) is 4.79 Å². The molecule has 128 valence electrons. The first-order valence-electron chi connectivity index (χ1n) is 7.90. The van der Waals surface area contributed by atoms with Gasteiger partial charge in [-0.3, -0.25) is 0 Å². The van der Waals surface area contributed by atoms with E-state index in [0.29, 0.717) is 17.7 Å². The fraction of sp³-hybridized carbons (Fsp3) is 0.500. The Kier molecular flexibility index (Phi) is 6.19. The Bertz CT molecular complexity index is 585. The zero-order valence-electron chi connectivity index (χ0n) is 14.9. The van der Waals surface area contributed by atoms with Gasteiger partial charge in [0.05, 0.1) is 5.57 Å². The summed E-state index contributed by atoms with van der Waals surface area (Å²) in [5.41, 5.74) is 0.528. The highest BCUT2D eigenvalue weighted by Crippen LogP contribution is 2.38. The molecule has 0 saturated heterocycles. The third-order valence-electron chi connectivity index (χ3n) is 4.32. The molecule has 2 N–H and O–H groups in total. The Balaban J connectivity index is 3.10. The van der Waals surface area contributed by atoms with Gasteiger partial charge in [-0.2, -0.15) is 0 Å². The quantitative estimate of drug-likeness (QED) is 0.592. The second-order valence-corrected chi connectivity index (χ2v) is 11.9. The molecule has 23 heavy (non-hydrogen) atoms. The summed E-state index contributed by atoms with van der Waals surface area (Å²) in [4.78, 5) is 11.3. The molecule has 1 unspecified atom stereocenters. The molecule has 0 spiro atoms. The number of aliphatic hydroxyl groups excluding tert-OH is 1. The van der Waals surface area contributed by atoms with Crippen molar-refractivity contribution in [1.82, 2.24) is 0 Å². The van der Waals surface area contributed by atoms with Crippen LogP contribution in [0.5, 0.6) is 5.75 Å². The van der Waals surface area contributed by atoms with Gasteiger partial charge in [0.2, 0.25) is 8.32 Å². The molecule has 0 aliphatic heterocycles. The van der Waals surface area contributed by atoms with Gasteiger partial charge in [0, 0.05) is 0 Å². The zero-order chi connectivity index (χ0) is 17.8. The van der Waals surface area contributed by atoms with Crippen LogP contribution in [0.15, 0.2) is 35.9 Å². The van der Waals surface area contributed by atoms with E-state index in [1.807, 2.05) is 13.0 Å². The summed E-state index contributed by atoms with van der Waals surface area (Å²) in [6.07, 6.45) is 0.933. The second-order valence-electron chi connectivity index (χ2n) is 7.21. The highest BCUT2D eigenvalue weighted by Gasteiger charge is 2.39. The maximum absolute atomic E-state index is 11.3. The van der Waals surface area contributed by atoms with Crippen molar-refractivity contribution in [2.24, 2.45) is 0 Å². The van der Waals surface area contributed by atoms with E-state index in [-0.39, 0.29) is 10.6 Å². The first kappa shape index (κ1) is 19.5. The van der Waals surface area contributed by atoms with Crippen molar-refractivity contribution in [3.8, 4) is 5.75 Å². The number of aliphatic hydroxyl groups is 1. The van der Waals surface area contributed by atoms with Crippen LogP contribution < -0.4 is 4.43 Å². The summed E-state index contributed by atoms with van der Waals surface area (Å²) < 4.78 is 6.22. The van der Waals surface area contributed by atoms with Gasteiger partial charge >= 0.3 is 5.97 Å². The largest absolute Gasteiger partial charge is 0.543 e. The van der Waals surface area contributed by atoms with Crippen molar-refractivity contribution in [3.63, 3.8) is 0 Å². The molecule has 0 fully saturated rings. The monoisotopic (exact) mass is 336 g/mol. The number of hydrogen-bond acceptors (Lipinski definition) is 3. The van der Waals surface area contributed by atoms with Crippen molar-refractivity contribution in [2.45, 2.75) is 58.4 Å². The number of hydrogen-bond donors (Lipinski definition) is 2. The standard InChI is InChI=1S/C18H28O4Si/c1-7-9-15(17(20)21)16(19)13-10-8-11-14(12-13)22-23(5,6)18(2,3)4/h8-12,16,19H,7H2,1-6H3,(H,20,21). The van der Waals surface area contributed by atoms with Crippen LogP contribution in [0.3, 0.4) is 0 Å². The SMILES string of the molecule is CCC=C(C(=O)O)C(O)c1cccc(O[Si](C)(C)C(C)(C)C)c1. The lowest BCUT2D eigenvalue weighted by atomic mass is 10.0. The second kappa shape index (κ2) is 7.32. The third-order valence-corrected chi connectivity index (χ3v) is 8.68. The first-order valence-corrected chi connectivity index (χ1v) is 10.8. The van der Waals surface area contributed by atoms with Crippen LogP contribution in [0.4, 0.5) is 0 Å². The van der Waals surface area contributed by atoms with Crippen LogP contribution in [-0.2, 0) is 4.79 Å². The summed E-state index contributed by atoms with van der Waals surface area (Å²) >= 11 is 0.